The van der Waals surface area contributed by atoms with Gasteiger partial charge in [0.2, 0.25) is 0 Å². The second kappa shape index (κ2) is 9.81. The Hall–Kier alpha value is -0.390. The zero-order chi connectivity index (χ0) is 9.84. The van der Waals surface area contributed by atoms with Crippen LogP contribution in [0.5, 0.6) is 5.75 Å². The van der Waals surface area contributed by atoms with Gasteiger partial charge in [-0.05, 0) is 17.7 Å². The van der Waals surface area contributed by atoms with E-state index in [0.717, 1.165) is 11.1 Å². The summed E-state index contributed by atoms with van der Waals surface area (Å²) in [6.45, 7) is 0.863. The topological polar surface area (TPSA) is 87.3 Å². The highest BCUT2D eigenvalue weighted by molar-refractivity contribution is 5.86. The minimum absolute atomic E-state index is 0. The van der Waals surface area contributed by atoms with Crippen molar-refractivity contribution in [3.05, 3.63) is 23.3 Å². The van der Waals surface area contributed by atoms with Crippen molar-refractivity contribution in [2.24, 2.45) is 11.5 Å². The van der Waals surface area contributed by atoms with E-state index in [1.165, 1.54) is 0 Å². The van der Waals surface area contributed by atoms with E-state index in [1.54, 1.807) is 13.2 Å². The molecular weight excluding hydrogens is 272 g/mol. The van der Waals surface area contributed by atoms with E-state index in [1.807, 2.05) is 6.07 Å². The fraction of sp³-hybridized carbons (Fsp3) is 0.333. The molecule has 1 aromatic carbocycles. The van der Waals surface area contributed by atoms with Gasteiger partial charge in [0.15, 0.2) is 0 Å². The number of nitrogens with two attached hydrogens (primary N) is 3. The second-order valence-corrected chi connectivity index (χ2v) is 2.79. The van der Waals surface area contributed by atoms with Crippen LogP contribution >= 0.6 is 37.2 Å². The minimum Gasteiger partial charge on any atom is -0.494 e. The van der Waals surface area contributed by atoms with Crippen LogP contribution < -0.4 is 21.9 Å². The van der Waals surface area contributed by atoms with Crippen LogP contribution in [0.3, 0.4) is 0 Å². The first-order valence-electron chi connectivity index (χ1n) is 4.08. The molecule has 7 heteroatoms. The van der Waals surface area contributed by atoms with Crippen molar-refractivity contribution >= 4 is 42.9 Å². The summed E-state index contributed by atoms with van der Waals surface area (Å²) in [6.07, 6.45) is 0. The Bertz CT molecular complexity index is 310. The molecule has 0 saturated heterocycles. The first kappa shape index (κ1) is 21.0. The lowest BCUT2D eigenvalue weighted by Gasteiger charge is -2.11. The predicted molar refractivity (Wildman–Crippen MR) is 74.9 cm³/mol. The molecule has 0 heterocycles. The zero-order valence-corrected chi connectivity index (χ0v) is 11.4. The van der Waals surface area contributed by atoms with Gasteiger partial charge in [-0.2, -0.15) is 0 Å². The number of hydrogen-bond acceptors (Lipinski definition) is 4. The maximum absolute atomic E-state index is 5.75. The SMILES string of the molecule is COc1c(N)cc(CN)cc1CN.Cl.Cl.Cl. The van der Waals surface area contributed by atoms with E-state index in [4.69, 9.17) is 21.9 Å². The lowest BCUT2D eigenvalue weighted by atomic mass is 10.1. The molecule has 16 heavy (non-hydrogen) atoms. The number of halogens is 3. The Morgan fingerprint density at radius 1 is 1.06 bits per heavy atom. The lowest BCUT2D eigenvalue weighted by Crippen LogP contribution is -2.06. The number of methoxy groups -OCH3 is 1. The predicted octanol–water partition coefficient (Wildman–Crippen LogP) is 1.46. The third-order valence-corrected chi connectivity index (χ3v) is 1.91. The second-order valence-electron chi connectivity index (χ2n) is 2.79. The normalized spacial score (nSPS) is 8.19. The fourth-order valence-electron chi connectivity index (χ4n) is 1.30. The highest BCUT2D eigenvalue weighted by atomic mass is 35.5. The van der Waals surface area contributed by atoms with E-state index in [0.29, 0.717) is 24.5 Å². The zero-order valence-electron chi connectivity index (χ0n) is 8.93. The molecule has 96 valence electrons. The van der Waals surface area contributed by atoms with Gasteiger partial charge in [0.05, 0.1) is 12.8 Å². The third-order valence-electron chi connectivity index (χ3n) is 1.91. The molecule has 0 saturated carbocycles. The Morgan fingerprint density at radius 2 is 1.62 bits per heavy atom. The van der Waals surface area contributed by atoms with E-state index in [9.17, 15) is 0 Å². The van der Waals surface area contributed by atoms with Crippen molar-refractivity contribution in [2.75, 3.05) is 12.8 Å². The van der Waals surface area contributed by atoms with Crippen LogP contribution in [0.15, 0.2) is 12.1 Å². The van der Waals surface area contributed by atoms with Crippen molar-refractivity contribution < 1.29 is 4.74 Å². The molecule has 4 nitrogen and oxygen atoms in total. The smallest absolute Gasteiger partial charge is 0.146 e. The quantitative estimate of drug-likeness (QED) is 0.736. The summed E-state index contributed by atoms with van der Waals surface area (Å²) in [5, 5.41) is 0. The van der Waals surface area contributed by atoms with Gasteiger partial charge < -0.3 is 21.9 Å². The average molecular weight is 291 g/mol. The van der Waals surface area contributed by atoms with Crippen molar-refractivity contribution in [1.82, 2.24) is 0 Å². The molecule has 0 unspecified atom stereocenters. The Morgan fingerprint density at radius 3 is 2.00 bits per heavy atom. The molecule has 0 aliphatic carbocycles. The molecule has 0 aromatic heterocycles. The fourth-order valence-corrected chi connectivity index (χ4v) is 1.30. The maximum atomic E-state index is 5.75. The first-order valence-corrected chi connectivity index (χ1v) is 4.08. The molecule has 1 rings (SSSR count). The van der Waals surface area contributed by atoms with Crippen LogP contribution in [0.4, 0.5) is 5.69 Å². The van der Waals surface area contributed by atoms with Gasteiger partial charge in [-0.15, -0.1) is 37.2 Å². The molecule has 1 aromatic rings. The minimum atomic E-state index is 0. The molecule has 0 aliphatic heterocycles. The number of ether oxygens (including phenoxy) is 1. The Balaban J connectivity index is -0.000000563. The van der Waals surface area contributed by atoms with E-state index in [-0.39, 0.29) is 37.2 Å². The molecule has 0 aliphatic rings. The van der Waals surface area contributed by atoms with Crippen molar-refractivity contribution in [3.8, 4) is 5.75 Å². The van der Waals surface area contributed by atoms with Crippen LogP contribution in [0.25, 0.3) is 0 Å². The number of hydrogen-bond donors (Lipinski definition) is 3. The summed E-state index contributed by atoms with van der Waals surface area (Å²) in [6, 6.07) is 3.72. The molecule has 0 amide bonds. The molecule has 0 fully saturated rings. The lowest BCUT2D eigenvalue weighted by molar-refractivity contribution is 0.412. The molecule has 0 atom stereocenters. The van der Waals surface area contributed by atoms with Gasteiger partial charge in [0, 0.05) is 18.7 Å². The van der Waals surface area contributed by atoms with Crippen LogP contribution in [0, 0.1) is 0 Å². The van der Waals surface area contributed by atoms with Crippen LogP contribution in [0.2, 0.25) is 0 Å². The summed E-state index contributed by atoms with van der Waals surface area (Å²) >= 11 is 0. The van der Waals surface area contributed by atoms with Gasteiger partial charge in [0.1, 0.15) is 5.75 Å². The molecule has 6 N–H and O–H groups in total. The third kappa shape index (κ3) is 4.63. The molecule has 0 radical (unpaired) electrons. The highest BCUT2D eigenvalue weighted by Gasteiger charge is 2.06. The first-order chi connectivity index (χ1) is 6.22. The standard InChI is InChI=1S/C9H15N3O.3ClH/c1-13-9-7(5-11)2-6(4-10)3-8(9)12;;;/h2-3H,4-5,10-12H2,1H3;3*1H. The van der Waals surface area contributed by atoms with Crippen LogP contribution in [-0.4, -0.2) is 7.11 Å². The number of benzene rings is 1. The number of nitrogen functional groups attached to an aromatic ring is 1. The summed E-state index contributed by atoms with van der Waals surface area (Å²) < 4.78 is 5.12. The van der Waals surface area contributed by atoms with Crippen LogP contribution in [0.1, 0.15) is 11.1 Å². The van der Waals surface area contributed by atoms with E-state index < -0.39 is 0 Å². The number of anilines is 1. The molecular formula is C9H18Cl3N3O. The Labute approximate surface area is 114 Å². The van der Waals surface area contributed by atoms with Crippen molar-refractivity contribution in [2.45, 2.75) is 13.1 Å². The molecule has 0 bridgehead atoms. The van der Waals surface area contributed by atoms with Crippen LogP contribution in [-0.2, 0) is 13.1 Å². The van der Waals surface area contributed by atoms with E-state index in [2.05, 4.69) is 0 Å². The van der Waals surface area contributed by atoms with Crippen molar-refractivity contribution in [1.29, 1.82) is 0 Å². The summed E-state index contributed by atoms with van der Waals surface area (Å²) in [4.78, 5) is 0. The summed E-state index contributed by atoms with van der Waals surface area (Å²) in [7, 11) is 1.58. The summed E-state index contributed by atoms with van der Waals surface area (Å²) in [5.74, 6) is 0.653. The maximum Gasteiger partial charge on any atom is 0.146 e. The molecule has 0 spiro atoms. The van der Waals surface area contributed by atoms with Gasteiger partial charge in [-0.25, -0.2) is 0 Å². The van der Waals surface area contributed by atoms with Gasteiger partial charge in [0.25, 0.3) is 0 Å². The summed E-state index contributed by atoms with van der Waals surface area (Å²) in [5.41, 5.74) is 19.2. The highest BCUT2D eigenvalue weighted by Crippen LogP contribution is 2.27. The largest absolute Gasteiger partial charge is 0.494 e. The van der Waals surface area contributed by atoms with Gasteiger partial charge in [-0.1, -0.05) is 0 Å². The monoisotopic (exact) mass is 289 g/mol. The van der Waals surface area contributed by atoms with Gasteiger partial charge in [-0.3, -0.25) is 0 Å². The van der Waals surface area contributed by atoms with E-state index >= 15 is 0 Å². The van der Waals surface area contributed by atoms with Gasteiger partial charge >= 0.3 is 0 Å². The van der Waals surface area contributed by atoms with Crippen molar-refractivity contribution in [3.63, 3.8) is 0 Å². The average Bonchev–Trinajstić information content (AvgIpc) is 2.16. The Kier molecular flexibility index (Phi) is 12.8. The number of rotatable bonds is 3.